The molecule has 5 atom stereocenters. The number of rotatable bonds is 3. The third kappa shape index (κ3) is 15.8. The van der Waals surface area contributed by atoms with E-state index in [1.54, 1.807) is 0 Å². The molecule has 1 nitrogen and oxygen atoms in total. The van der Waals surface area contributed by atoms with Gasteiger partial charge in [0.1, 0.15) is 13.7 Å². The minimum atomic E-state index is -2.07. The van der Waals surface area contributed by atoms with E-state index in [0.29, 0.717) is 35.3 Å². The van der Waals surface area contributed by atoms with E-state index in [4.69, 9.17) is 12.8 Å². The fourth-order valence-corrected chi connectivity index (χ4v) is 16.7. The summed E-state index contributed by atoms with van der Waals surface area (Å²) in [5.74, 6) is 113. The molecule has 0 spiro atoms. The number of nitrogens with zero attached hydrogens (tertiary/aromatic N) is 1. The molecule has 0 aliphatic heterocycles. The molecule has 0 saturated heterocycles. The third-order valence-electron chi connectivity index (χ3n) is 12.9. The number of fused-ring (bicyclic) bond motifs is 4. The van der Waals surface area contributed by atoms with E-state index in [-0.39, 0.29) is 5.54 Å². The number of hydrogen-bond acceptors (Lipinski definition) is 1. The van der Waals surface area contributed by atoms with Gasteiger partial charge in [0.25, 0.3) is 0 Å². The van der Waals surface area contributed by atoms with Crippen LogP contribution >= 0.6 is 0 Å². The molecule has 2 heteroatoms. The summed E-state index contributed by atoms with van der Waals surface area (Å²) in [4.78, 5) is 0. The number of benzene rings is 1. The van der Waals surface area contributed by atoms with Crippen LogP contribution in [0.5, 0.6) is 0 Å². The van der Waals surface area contributed by atoms with Gasteiger partial charge >= 0.3 is 0 Å². The van der Waals surface area contributed by atoms with Crippen LogP contribution < -0.4 is 0 Å². The van der Waals surface area contributed by atoms with Gasteiger partial charge in [0.2, 0.25) is 0 Å². The van der Waals surface area contributed by atoms with E-state index in [0.717, 1.165) is 16.7 Å². The minimum Gasteiger partial charge on any atom is -0.316 e. The molecule has 0 radical (unpaired) electrons. The van der Waals surface area contributed by atoms with E-state index in [2.05, 4.69) is 331 Å². The fraction of sp³-hybridized carbons (Fsp3) is 0.270. The van der Waals surface area contributed by atoms with Crippen LogP contribution in [0.15, 0.2) is 42.0 Å². The van der Waals surface area contributed by atoms with Gasteiger partial charge in [-0.25, -0.2) is 0 Å². The maximum Gasteiger partial charge on any atom is 0.144 e. The SMILES string of the molecule is C#CC#CC#CC#CC#CC#CC#CC#CC#CC#CC#CC1(C#CC#CC#CC#CC#CC#CC#CC#CC#CC#CC#C)C2=CC3C(C)C(C)C([Si](C)(C)N(C4CCCCC4)C(C)(C)C)C3C=C2c2ccccc21. The van der Waals surface area contributed by atoms with Crippen molar-refractivity contribution >= 4 is 13.8 Å². The predicted molar refractivity (Wildman–Crippen MR) is 312 cm³/mol. The molecule has 350 valence electrons. The summed E-state index contributed by atoms with van der Waals surface area (Å²) in [5.41, 5.74) is 4.02. The lowest BCUT2D eigenvalue weighted by Gasteiger charge is -2.56. The van der Waals surface area contributed by atoms with Crippen LogP contribution in [0.3, 0.4) is 0 Å². The lowest BCUT2D eigenvalue weighted by molar-refractivity contribution is 0.138. The first-order chi connectivity index (χ1) is 37.0. The zero-order valence-electron chi connectivity index (χ0n) is 43.6. The lowest BCUT2D eigenvalue weighted by atomic mass is 9.73. The average molecular weight is 976 g/mol. The number of terminal acetylenes is 2. The third-order valence-corrected chi connectivity index (χ3v) is 17.7. The van der Waals surface area contributed by atoms with Gasteiger partial charge in [0.05, 0.1) is 0 Å². The van der Waals surface area contributed by atoms with Crippen molar-refractivity contribution in [2.45, 2.75) is 102 Å². The highest BCUT2D eigenvalue weighted by molar-refractivity contribution is 6.76. The molecule has 0 amide bonds. The molecule has 76 heavy (non-hydrogen) atoms. The van der Waals surface area contributed by atoms with E-state index >= 15 is 0 Å². The molecule has 2 fully saturated rings. The van der Waals surface area contributed by atoms with Crippen LogP contribution in [0.25, 0.3) is 5.57 Å². The van der Waals surface area contributed by atoms with Crippen LogP contribution in [0.4, 0.5) is 0 Å². The molecule has 5 unspecified atom stereocenters. The quantitative estimate of drug-likeness (QED) is 0.219. The number of hydrogen-bond donors (Lipinski definition) is 0. The Balaban J connectivity index is 1.47. The Hall–Kier alpha value is -10.8. The molecule has 5 rings (SSSR count). The Morgan fingerprint density at radius 1 is 0.461 bits per heavy atom. The highest BCUT2D eigenvalue weighted by atomic mass is 28.3. The van der Waals surface area contributed by atoms with Crippen LogP contribution in [0, 0.1) is 285 Å². The summed E-state index contributed by atoms with van der Waals surface area (Å²) >= 11 is 0. The van der Waals surface area contributed by atoms with Gasteiger partial charge in [-0.15, -0.1) is 12.8 Å². The van der Waals surface area contributed by atoms with Gasteiger partial charge < -0.3 is 4.57 Å². The normalized spacial score (nSPS) is 17.1. The highest BCUT2D eigenvalue weighted by Gasteiger charge is 2.58. The molecular formula is C74H45NSi. The van der Waals surface area contributed by atoms with Crippen LogP contribution in [-0.2, 0) is 5.41 Å². The van der Waals surface area contributed by atoms with Crippen molar-refractivity contribution in [2.24, 2.45) is 23.7 Å². The van der Waals surface area contributed by atoms with Crippen molar-refractivity contribution < 1.29 is 0 Å². The molecule has 0 heterocycles. The summed E-state index contributed by atoms with van der Waals surface area (Å²) in [6.45, 7) is 17.6. The Labute approximate surface area is 456 Å². The summed E-state index contributed by atoms with van der Waals surface area (Å²) in [6.07, 6.45) is 21.7. The summed E-state index contributed by atoms with van der Waals surface area (Å²) in [6, 6.07) is 9.07. The maximum atomic E-state index is 5.03. The summed E-state index contributed by atoms with van der Waals surface area (Å²) in [7, 11) is -2.07. The van der Waals surface area contributed by atoms with Crippen molar-refractivity contribution in [1.29, 1.82) is 0 Å². The monoisotopic (exact) mass is 975 g/mol. The van der Waals surface area contributed by atoms with Gasteiger partial charge in [-0.05, 0) is 275 Å². The molecular weight excluding hydrogens is 931 g/mol. The Morgan fingerprint density at radius 3 is 1.18 bits per heavy atom. The first-order valence-corrected chi connectivity index (χ1v) is 27.3. The fourth-order valence-electron chi connectivity index (χ4n) is 10.6. The topological polar surface area (TPSA) is 3.24 Å². The van der Waals surface area contributed by atoms with Crippen LogP contribution in [-0.4, -0.2) is 24.4 Å². The van der Waals surface area contributed by atoms with Crippen LogP contribution in [0.2, 0.25) is 18.6 Å². The van der Waals surface area contributed by atoms with Crippen molar-refractivity contribution in [2.75, 3.05) is 0 Å². The molecule has 4 aliphatic carbocycles. The molecule has 0 N–H and O–H groups in total. The first kappa shape index (κ1) is 56.1. The zero-order chi connectivity index (χ0) is 54.3. The Morgan fingerprint density at radius 2 is 0.816 bits per heavy atom. The molecule has 4 aliphatic rings. The molecule has 0 aromatic heterocycles. The van der Waals surface area contributed by atoms with Crippen molar-refractivity contribution in [3.05, 3.63) is 53.1 Å². The van der Waals surface area contributed by atoms with E-state index in [1.807, 2.05) is 6.07 Å². The smallest absolute Gasteiger partial charge is 0.144 e. The van der Waals surface area contributed by atoms with E-state index in [9.17, 15) is 0 Å². The average Bonchev–Trinajstić information content (AvgIpc) is 3.82. The molecule has 1 aromatic rings. The van der Waals surface area contributed by atoms with E-state index < -0.39 is 13.7 Å². The molecule has 0 bridgehead atoms. The van der Waals surface area contributed by atoms with Crippen molar-refractivity contribution in [1.82, 2.24) is 4.57 Å². The lowest BCUT2D eigenvalue weighted by Crippen LogP contribution is -2.65. The highest BCUT2D eigenvalue weighted by Crippen LogP contribution is 2.62. The second kappa shape index (κ2) is 29.5. The minimum absolute atomic E-state index is 0.0679. The Kier molecular flexibility index (Phi) is 21.8. The Bertz CT molecular complexity index is 3900. The van der Waals surface area contributed by atoms with Crippen molar-refractivity contribution in [3.8, 4) is 262 Å². The zero-order valence-corrected chi connectivity index (χ0v) is 44.6. The van der Waals surface area contributed by atoms with E-state index in [1.165, 1.54) is 37.7 Å². The maximum absolute atomic E-state index is 5.03. The van der Waals surface area contributed by atoms with Crippen LogP contribution in [0.1, 0.15) is 77.8 Å². The second-order valence-electron chi connectivity index (χ2n) is 18.6. The number of allylic oxidation sites excluding steroid dienone is 4. The van der Waals surface area contributed by atoms with Gasteiger partial charge in [-0.2, -0.15) is 0 Å². The summed E-state index contributed by atoms with van der Waals surface area (Å²) in [5, 5.41) is 0. The first-order valence-electron chi connectivity index (χ1n) is 24.3. The largest absolute Gasteiger partial charge is 0.316 e. The van der Waals surface area contributed by atoms with Gasteiger partial charge in [0.15, 0.2) is 0 Å². The molecule has 1 aromatic carbocycles. The van der Waals surface area contributed by atoms with Gasteiger partial charge in [-0.1, -0.05) is 94.5 Å². The second-order valence-corrected chi connectivity index (χ2v) is 23.1. The van der Waals surface area contributed by atoms with Gasteiger partial charge in [0, 0.05) is 58.9 Å². The van der Waals surface area contributed by atoms with Crippen molar-refractivity contribution in [3.63, 3.8) is 0 Å². The van der Waals surface area contributed by atoms with Gasteiger partial charge in [-0.3, -0.25) is 0 Å². The summed E-state index contributed by atoms with van der Waals surface area (Å²) < 4.78 is 3.04. The molecule has 2 saturated carbocycles. The standard InChI is InChI=1S/C74H45NSi/c1-10-12-14-16-18-20-22-24-26-28-30-32-34-36-38-40-42-44-46-53-59-74(60-54-47-45-43-41-39-37-35-33-31-29-27-25-23-21-19-17-15-13-11-2)70-58-52-51-57-66(70)68-61-69-67(62-71(68)74)63(3)64(4)72(69)76(8,9)75(73(5,6)7)65-55-49-48-50-56-65/h1-2,51-52,57-58,61-65,67,69,72H,48-50,55-56H2,3-9H3. The predicted octanol–water partition coefficient (Wildman–Crippen LogP) is 8.12.